The van der Waals surface area contributed by atoms with E-state index >= 15 is 0 Å². The standard InChI is InChI=1S/C22H29N/c1-14(2)19-9-8-10-20(15(3)4)22(19)23-13-21-17(6)11-16(5)12-18(21)7/h8-15,23H,6H2,1-5,7H3/b21-13-. The van der Waals surface area contributed by atoms with Gasteiger partial charge in [0.2, 0.25) is 0 Å². The Morgan fingerprint density at radius 1 is 0.957 bits per heavy atom. The van der Waals surface area contributed by atoms with Crippen LogP contribution in [0.15, 0.2) is 30.3 Å². The maximum absolute atomic E-state index is 4.20. The first-order chi connectivity index (χ1) is 10.8. The van der Waals surface area contributed by atoms with E-state index in [1.165, 1.54) is 33.2 Å². The summed E-state index contributed by atoms with van der Waals surface area (Å²) in [5.41, 5.74) is 6.49. The van der Waals surface area contributed by atoms with Gasteiger partial charge in [0, 0.05) is 17.1 Å². The van der Waals surface area contributed by atoms with E-state index in [4.69, 9.17) is 0 Å². The highest BCUT2D eigenvalue weighted by molar-refractivity contribution is 5.66. The molecule has 0 bridgehead atoms. The van der Waals surface area contributed by atoms with Gasteiger partial charge in [0.25, 0.3) is 0 Å². The second-order valence-electron chi connectivity index (χ2n) is 7.06. The van der Waals surface area contributed by atoms with E-state index in [-0.39, 0.29) is 0 Å². The summed E-state index contributed by atoms with van der Waals surface area (Å²) >= 11 is 0. The van der Waals surface area contributed by atoms with Crippen molar-refractivity contribution in [2.75, 3.05) is 5.32 Å². The summed E-state index contributed by atoms with van der Waals surface area (Å²) in [6.45, 7) is 17.4. The molecule has 0 aliphatic rings. The van der Waals surface area contributed by atoms with Gasteiger partial charge in [-0.05, 0) is 47.6 Å². The maximum Gasteiger partial charge on any atom is 0.0450 e. The topological polar surface area (TPSA) is 12.0 Å². The van der Waals surface area contributed by atoms with Crippen LogP contribution in [0.2, 0.25) is 0 Å². The predicted molar refractivity (Wildman–Crippen MR) is 103 cm³/mol. The molecule has 122 valence electrons. The lowest BCUT2D eigenvalue weighted by molar-refractivity contribution is 0.839. The molecule has 0 aliphatic heterocycles. The van der Waals surface area contributed by atoms with Gasteiger partial charge in [-0.1, -0.05) is 70.2 Å². The quantitative estimate of drug-likeness (QED) is 0.854. The van der Waals surface area contributed by atoms with E-state index in [0.29, 0.717) is 11.8 Å². The van der Waals surface area contributed by atoms with Gasteiger partial charge in [-0.3, -0.25) is 0 Å². The van der Waals surface area contributed by atoms with Gasteiger partial charge in [-0.15, -0.1) is 0 Å². The molecular weight excluding hydrogens is 278 g/mol. The zero-order valence-electron chi connectivity index (χ0n) is 15.3. The van der Waals surface area contributed by atoms with Crippen LogP contribution in [0.5, 0.6) is 0 Å². The maximum atomic E-state index is 4.20. The Bertz CT molecular complexity index is 771. The molecule has 0 aliphatic carbocycles. The Hall–Kier alpha value is -2.02. The number of anilines is 1. The van der Waals surface area contributed by atoms with Crippen LogP contribution in [0.25, 0.3) is 12.8 Å². The van der Waals surface area contributed by atoms with Crippen molar-refractivity contribution in [3.05, 3.63) is 63.0 Å². The first-order valence-corrected chi connectivity index (χ1v) is 8.47. The normalized spacial score (nSPS) is 12.3. The summed E-state index contributed by atoms with van der Waals surface area (Å²) in [6.07, 6.45) is 2.12. The van der Waals surface area contributed by atoms with E-state index in [0.717, 1.165) is 5.22 Å². The lowest BCUT2D eigenvalue weighted by Gasteiger charge is -2.19. The summed E-state index contributed by atoms with van der Waals surface area (Å²) < 4.78 is 0. The van der Waals surface area contributed by atoms with E-state index < -0.39 is 0 Å². The van der Waals surface area contributed by atoms with Crippen LogP contribution >= 0.6 is 0 Å². The molecule has 1 nitrogen and oxygen atoms in total. The Kier molecular flexibility index (Phi) is 5.30. The summed E-state index contributed by atoms with van der Waals surface area (Å²) in [7, 11) is 0. The lowest BCUT2D eigenvalue weighted by atomic mass is 9.92. The average molecular weight is 307 g/mol. The van der Waals surface area contributed by atoms with Gasteiger partial charge in [-0.25, -0.2) is 0 Å². The molecule has 0 spiro atoms. The van der Waals surface area contributed by atoms with Gasteiger partial charge < -0.3 is 5.32 Å². The average Bonchev–Trinajstić information content (AvgIpc) is 2.45. The molecule has 0 fully saturated rings. The summed E-state index contributed by atoms with van der Waals surface area (Å²) in [6, 6.07) is 11.0. The molecule has 0 saturated carbocycles. The molecule has 0 saturated heterocycles. The highest BCUT2D eigenvalue weighted by atomic mass is 14.8. The highest BCUT2D eigenvalue weighted by Gasteiger charge is 2.12. The summed E-state index contributed by atoms with van der Waals surface area (Å²) in [5.74, 6) is 0.978. The van der Waals surface area contributed by atoms with Gasteiger partial charge in [-0.2, -0.15) is 0 Å². The largest absolute Gasteiger partial charge is 0.361 e. The fraction of sp³-hybridized carbons (Fsp3) is 0.364. The minimum Gasteiger partial charge on any atom is -0.361 e. The zero-order valence-corrected chi connectivity index (χ0v) is 15.3. The van der Waals surface area contributed by atoms with Crippen molar-refractivity contribution in [2.45, 2.75) is 53.4 Å². The first kappa shape index (κ1) is 17.3. The van der Waals surface area contributed by atoms with Crippen molar-refractivity contribution in [3.8, 4) is 0 Å². The fourth-order valence-corrected chi connectivity index (χ4v) is 3.14. The van der Waals surface area contributed by atoms with Crippen LogP contribution in [0.4, 0.5) is 5.69 Å². The SMILES string of the molecule is C=c1cc(C)cc(C)/c1=C\Nc1c(C(C)C)cccc1C(C)C. The molecule has 0 amide bonds. The van der Waals surface area contributed by atoms with Crippen molar-refractivity contribution < 1.29 is 0 Å². The number of aryl methyl sites for hydroxylation is 2. The van der Waals surface area contributed by atoms with Crippen LogP contribution in [-0.4, -0.2) is 0 Å². The van der Waals surface area contributed by atoms with Crippen molar-refractivity contribution >= 4 is 18.5 Å². The minimum absolute atomic E-state index is 0.489. The van der Waals surface area contributed by atoms with Gasteiger partial charge in [0.1, 0.15) is 0 Å². The van der Waals surface area contributed by atoms with Gasteiger partial charge >= 0.3 is 0 Å². The van der Waals surface area contributed by atoms with E-state index in [2.05, 4.69) is 90.0 Å². The molecule has 2 aromatic rings. The molecule has 0 unspecified atom stereocenters. The van der Waals surface area contributed by atoms with Gasteiger partial charge in [0.05, 0.1) is 0 Å². The monoisotopic (exact) mass is 307 g/mol. The second-order valence-corrected chi connectivity index (χ2v) is 7.06. The molecule has 2 aromatic carbocycles. The number of benzene rings is 2. The Morgan fingerprint density at radius 2 is 1.52 bits per heavy atom. The van der Waals surface area contributed by atoms with E-state index in [1.807, 2.05) is 0 Å². The summed E-state index contributed by atoms with van der Waals surface area (Å²) in [4.78, 5) is 0. The van der Waals surface area contributed by atoms with Crippen LogP contribution in [0, 0.1) is 13.8 Å². The number of para-hydroxylation sites is 1. The molecule has 1 heteroatoms. The third-order valence-electron chi connectivity index (χ3n) is 4.35. The molecule has 2 rings (SSSR count). The van der Waals surface area contributed by atoms with Crippen molar-refractivity contribution in [2.24, 2.45) is 0 Å². The lowest BCUT2D eigenvalue weighted by Crippen LogP contribution is -2.27. The van der Waals surface area contributed by atoms with E-state index in [9.17, 15) is 0 Å². The highest BCUT2D eigenvalue weighted by Crippen LogP contribution is 2.32. The molecular formula is C22H29N. The molecule has 23 heavy (non-hydrogen) atoms. The Balaban J connectivity index is 2.57. The Morgan fingerprint density at radius 3 is 2.00 bits per heavy atom. The number of rotatable bonds is 4. The zero-order chi connectivity index (χ0) is 17.1. The third-order valence-corrected chi connectivity index (χ3v) is 4.35. The van der Waals surface area contributed by atoms with Gasteiger partial charge in [0.15, 0.2) is 0 Å². The van der Waals surface area contributed by atoms with Crippen LogP contribution in [0.1, 0.15) is 61.8 Å². The summed E-state index contributed by atoms with van der Waals surface area (Å²) in [5, 5.41) is 5.85. The third kappa shape index (κ3) is 3.85. The van der Waals surface area contributed by atoms with Crippen molar-refractivity contribution in [1.82, 2.24) is 0 Å². The second kappa shape index (κ2) is 7.04. The first-order valence-electron chi connectivity index (χ1n) is 8.47. The Labute approximate surface area is 140 Å². The number of nitrogens with one attached hydrogen (secondary N) is 1. The molecule has 0 heterocycles. The molecule has 0 radical (unpaired) electrons. The smallest absolute Gasteiger partial charge is 0.0450 e. The number of hydrogen-bond donors (Lipinski definition) is 1. The van der Waals surface area contributed by atoms with Crippen LogP contribution in [0.3, 0.4) is 0 Å². The molecule has 1 N–H and O–H groups in total. The van der Waals surface area contributed by atoms with Crippen molar-refractivity contribution in [3.63, 3.8) is 0 Å². The fourth-order valence-electron chi connectivity index (χ4n) is 3.14. The molecule has 0 aromatic heterocycles. The molecule has 0 atom stereocenters. The minimum atomic E-state index is 0.489. The van der Waals surface area contributed by atoms with Crippen LogP contribution < -0.4 is 15.8 Å². The van der Waals surface area contributed by atoms with Crippen LogP contribution in [-0.2, 0) is 0 Å². The predicted octanol–water partition coefficient (Wildman–Crippen LogP) is 4.81. The number of hydrogen-bond acceptors (Lipinski definition) is 1. The van der Waals surface area contributed by atoms with Crippen molar-refractivity contribution in [1.29, 1.82) is 0 Å². The van der Waals surface area contributed by atoms with E-state index in [1.54, 1.807) is 0 Å².